The van der Waals surface area contributed by atoms with E-state index in [0.29, 0.717) is 22.2 Å². The number of hydrogen-bond acceptors (Lipinski definition) is 6. The number of carbonyl (C=O) groups is 1. The van der Waals surface area contributed by atoms with E-state index in [1.807, 2.05) is 0 Å². The summed E-state index contributed by atoms with van der Waals surface area (Å²) in [5.41, 5.74) is 1.32. The molecule has 9 heteroatoms. The van der Waals surface area contributed by atoms with Crippen LogP contribution in [-0.2, 0) is 21.4 Å². The number of pyridine rings is 1. The summed E-state index contributed by atoms with van der Waals surface area (Å²) in [4.78, 5) is 16.2. The van der Waals surface area contributed by atoms with Gasteiger partial charge in [0.25, 0.3) is 10.0 Å². The van der Waals surface area contributed by atoms with Crippen molar-refractivity contribution in [3.8, 4) is 5.75 Å². The molecular formula is C21H19ClN2O5S. The van der Waals surface area contributed by atoms with E-state index < -0.39 is 16.0 Å². The van der Waals surface area contributed by atoms with Gasteiger partial charge in [-0.1, -0.05) is 29.8 Å². The largest absolute Gasteiger partial charge is 0.495 e. The van der Waals surface area contributed by atoms with E-state index in [2.05, 4.69) is 4.98 Å². The van der Waals surface area contributed by atoms with Crippen LogP contribution in [0.4, 0.5) is 5.69 Å². The van der Waals surface area contributed by atoms with Gasteiger partial charge in [-0.25, -0.2) is 18.2 Å². The zero-order valence-corrected chi connectivity index (χ0v) is 17.9. The van der Waals surface area contributed by atoms with Crippen LogP contribution in [0.5, 0.6) is 5.75 Å². The Balaban J connectivity index is 1.73. The molecular weight excluding hydrogens is 428 g/mol. The molecule has 30 heavy (non-hydrogen) atoms. The van der Waals surface area contributed by atoms with Crippen molar-refractivity contribution in [3.05, 3.63) is 83.1 Å². The summed E-state index contributed by atoms with van der Waals surface area (Å²) >= 11 is 5.72. The van der Waals surface area contributed by atoms with Crippen molar-refractivity contribution in [2.24, 2.45) is 0 Å². The zero-order chi connectivity index (χ0) is 21.7. The average Bonchev–Trinajstić information content (AvgIpc) is 2.78. The maximum atomic E-state index is 13.0. The number of ether oxygens (including phenoxy) is 2. The Labute approximate surface area is 179 Å². The summed E-state index contributed by atoms with van der Waals surface area (Å²) < 4.78 is 37.5. The fourth-order valence-corrected chi connectivity index (χ4v) is 3.98. The number of benzene rings is 2. The van der Waals surface area contributed by atoms with Crippen LogP contribution in [-0.4, -0.2) is 33.5 Å². The highest BCUT2D eigenvalue weighted by Gasteiger charge is 2.24. The summed E-state index contributed by atoms with van der Waals surface area (Å²) in [6.45, 7) is 0.0274. The monoisotopic (exact) mass is 446 g/mol. The average molecular weight is 447 g/mol. The Hall–Kier alpha value is -3.10. The highest BCUT2D eigenvalue weighted by molar-refractivity contribution is 7.92. The number of para-hydroxylation sites is 2. The maximum Gasteiger partial charge on any atom is 0.338 e. The van der Waals surface area contributed by atoms with Gasteiger partial charge >= 0.3 is 5.97 Å². The zero-order valence-electron chi connectivity index (χ0n) is 16.3. The minimum Gasteiger partial charge on any atom is -0.495 e. The number of rotatable bonds is 7. The molecule has 1 aromatic heterocycles. The molecule has 7 nitrogen and oxygen atoms in total. The molecule has 0 amide bonds. The van der Waals surface area contributed by atoms with Gasteiger partial charge in [0.05, 0.1) is 23.3 Å². The number of anilines is 1. The Morgan fingerprint density at radius 3 is 2.40 bits per heavy atom. The number of methoxy groups -OCH3 is 1. The molecule has 0 unspecified atom stereocenters. The molecule has 156 valence electrons. The van der Waals surface area contributed by atoms with E-state index in [1.54, 1.807) is 36.4 Å². The van der Waals surface area contributed by atoms with Gasteiger partial charge in [-0.05, 0) is 42.5 Å². The van der Waals surface area contributed by atoms with Crippen LogP contribution in [0.1, 0.15) is 15.9 Å². The van der Waals surface area contributed by atoms with Gasteiger partial charge < -0.3 is 9.47 Å². The van der Waals surface area contributed by atoms with Crippen LogP contribution in [0.25, 0.3) is 0 Å². The van der Waals surface area contributed by atoms with E-state index >= 15 is 0 Å². The molecule has 0 aliphatic rings. The minimum absolute atomic E-state index is 0.0274. The van der Waals surface area contributed by atoms with Crippen molar-refractivity contribution in [1.82, 2.24) is 4.98 Å². The molecule has 0 spiro atoms. The first-order valence-corrected chi connectivity index (χ1v) is 10.6. The van der Waals surface area contributed by atoms with Gasteiger partial charge in [-0.2, -0.15) is 0 Å². The standard InChI is InChI=1S/C21H19ClN2O5S/c1-24(18-5-3-4-6-19(18)28-2)30(26,27)17-10-8-16(9-11-17)21(25)29-14-15-7-12-20(22)23-13-15/h3-13H,14H2,1-2H3. The first-order valence-electron chi connectivity index (χ1n) is 8.82. The number of sulfonamides is 1. The van der Waals surface area contributed by atoms with E-state index in [-0.39, 0.29) is 17.1 Å². The van der Waals surface area contributed by atoms with Gasteiger partial charge in [0.2, 0.25) is 0 Å². The molecule has 0 aliphatic carbocycles. The van der Waals surface area contributed by atoms with Gasteiger partial charge in [-0.3, -0.25) is 4.31 Å². The van der Waals surface area contributed by atoms with E-state index in [9.17, 15) is 13.2 Å². The van der Waals surface area contributed by atoms with Gasteiger partial charge in [0.15, 0.2) is 0 Å². The number of esters is 1. The number of carbonyl (C=O) groups excluding carboxylic acids is 1. The Kier molecular flexibility index (Phi) is 6.59. The van der Waals surface area contributed by atoms with Crippen molar-refractivity contribution in [1.29, 1.82) is 0 Å². The van der Waals surface area contributed by atoms with Crippen molar-refractivity contribution in [3.63, 3.8) is 0 Å². The fourth-order valence-electron chi connectivity index (χ4n) is 2.66. The van der Waals surface area contributed by atoms with E-state index in [0.717, 1.165) is 4.31 Å². The van der Waals surface area contributed by atoms with Crippen LogP contribution >= 0.6 is 11.6 Å². The summed E-state index contributed by atoms with van der Waals surface area (Å²) in [6, 6.07) is 15.6. The lowest BCUT2D eigenvalue weighted by molar-refractivity contribution is 0.0472. The molecule has 0 bridgehead atoms. The normalized spacial score (nSPS) is 11.0. The van der Waals surface area contributed by atoms with Gasteiger partial charge in [-0.15, -0.1) is 0 Å². The highest BCUT2D eigenvalue weighted by Crippen LogP contribution is 2.30. The minimum atomic E-state index is -3.85. The summed E-state index contributed by atoms with van der Waals surface area (Å²) in [5, 5.41) is 0.347. The van der Waals surface area contributed by atoms with Crippen LogP contribution < -0.4 is 9.04 Å². The van der Waals surface area contributed by atoms with Crippen molar-refractivity contribution < 1.29 is 22.7 Å². The number of hydrogen-bond donors (Lipinski definition) is 0. The van der Waals surface area contributed by atoms with Crippen molar-refractivity contribution in [2.45, 2.75) is 11.5 Å². The second-order valence-corrected chi connectivity index (χ2v) is 8.59. The molecule has 0 aliphatic heterocycles. The summed E-state index contributed by atoms with van der Waals surface area (Å²) in [6.07, 6.45) is 1.51. The molecule has 1 heterocycles. The van der Waals surface area contributed by atoms with Crippen LogP contribution in [0.15, 0.2) is 71.8 Å². The van der Waals surface area contributed by atoms with E-state index in [4.69, 9.17) is 21.1 Å². The Morgan fingerprint density at radius 2 is 1.77 bits per heavy atom. The predicted molar refractivity (Wildman–Crippen MR) is 113 cm³/mol. The third-order valence-electron chi connectivity index (χ3n) is 4.33. The van der Waals surface area contributed by atoms with Crippen LogP contribution in [0, 0.1) is 0 Å². The molecule has 0 fully saturated rings. The smallest absolute Gasteiger partial charge is 0.338 e. The third-order valence-corrected chi connectivity index (χ3v) is 6.34. The third kappa shape index (κ3) is 4.72. The molecule has 0 saturated heterocycles. The van der Waals surface area contributed by atoms with Crippen LogP contribution in [0.3, 0.4) is 0 Å². The molecule has 0 radical (unpaired) electrons. The quantitative estimate of drug-likeness (QED) is 0.404. The number of nitrogens with zero attached hydrogens (tertiary/aromatic N) is 2. The molecule has 0 N–H and O–H groups in total. The molecule has 3 aromatic rings. The highest BCUT2D eigenvalue weighted by atomic mass is 35.5. The molecule has 0 saturated carbocycles. The first-order chi connectivity index (χ1) is 14.3. The molecule has 3 rings (SSSR count). The number of halogens is 1. The molecule has 0 atom stereocenters. The van der Waals surface area contributed by atoms with Gasteiger partial charge in [0, 0.05) is 18.8 Å². The lowest BCUT2D eigenvalue weighted by atomic mass is 10.2. The topological polar surface area (TPSA) is 85.8 Å². The second kappa shape index (κ2) is 9.15. The van der Waals surface area contributed by atoms with Crippen molar-refractivity contribution in [2.75, 3.05) is 18.5 Å². The maximum absolute atomic E-state index is 13.0. The molecule has 2 aromatic carbocycles. The van der Waals surface area contributed by atoms with Gasteiger partial charge in [0.1, 0.15) is 17.5 Å². The number of aromatic nitrogens is 1. The van der Waals surface area contributed by atoms with Crippen LogP contribution in [0.2, 0.25) is 5.15 Å². The lowest BCUT2D eigenvalue weighted by Crippen LogP contribution is -2.27. The second-order valence-electron chi connectivity index (χ2n) is 6.23. The summed E-state index contributed by atoms with van der Waals surface area (Å²) in [7, 11) is -0.934. The SMILES string of the molecule is COc1ccccc1N(C)S(=O)(=O)c1ccc(C(=O)OCc2ccc(Cl)nc2)cc1. The first kappa shape index (κ1) is 21.6. The van der Waals surface area contributed by atoms with E-state index in [1.165, 1.54) is 44.6 Å². The summed E-state index contributed by atoms with van der Waals surface area (Å²) in [5.74, 6) is -0.146. The lowest BCUT2D eigenvalue weighted by Gasteiger charge is -2.21. The Bertz CT molecular complexity index is 1130. The fraction of sp³-hybridized carbons (Fsp3) is 0.143. The Morgan fingerprint density at radius 1 is 1.07 bits per heavy atom. The van der Waals surface area contributed by atoms with Crippen molar-refractivity contribution >= 4 is 33.3 Å². The predicted octanol–water partition coefficient (Wildman–Crippen LogP) is 3.93.